The van der Waals surface area contributed by atoms with Gasteiger partial charge in [0, 0.05) is 42.3 Å². The summed E-state index contributed by atoms with van der Waals surface area (Å²) in [7, 11) is 0. The molecule has 0 radical (unpaired) electrons. The van der Waals surface area contributed by atoms with Crippen LogP contribution in [0.15, 0.2) is 95.4 Å². The monoisotopic (exact) mass is 505 g/mol. The second-order valence-corrected chi connectivity index (χ2v) is 9.22. The van der Waals surface area contributed by atoms with Crippen molar-refractivity contribution in [3.8, 4) is 0 Å². The molecular weight excluding hydrogens is 469 g/mol. The van der Waals surface area contributed by atoms with Crippen molar-refractivity contribution in [2.24, 2.45) is 16.1 Å². The molecule has 0 saturated carbocycles. The molecular formula is C29H36FN5S. The molecule has 0 saturated heterocycles. The summed E-state index contributed by atoms with van der Waals surface area (Å²) in [5, 5.41) is 3.41. The Labute approximate surface area is 219 Å². The molecule has 1 aromatic carbocycles. The van der Waals surface area contributed by atoms with E-state index in [0.717, 1.165) is 54.0 Å². The van der Waals surface area contributed by atoms with Gasteiger partial charge in [0.2, 0.25) is 0 Å². The molecule has 5 nitrogen and oxygen atoms in total. The fourth-order valence-electron chi connectivity index (χ4n) is 4.41. The molecule has 7 heteroatoms. The predicted molar refractivity (Wildman–Crippen MR) is 153 cm³/mol. The van der Waals surface area contributed by atoms with Gasteiger partial charge in [-0.2, -0.15) is 0 Å². The Bertz CT molecular complexity index is 1120. The molecule has 190 valence electrons. The second kappa shape index (κ2) is 13.8. The van der Waals surface area contributed by atoms with Crippen molar-refractivity contribution in [1.29, 1.82) is 0 Å². The number of pyridine rings is 1. The van der Waals surface area contributed by atoms with E-state index in [-0.39, 0.29) is 5.82 Å². The Morgan fingerprint density at radius 2 is 2.08 bits per heavy atom. The number of benzene rings is 1. The lowest BCUT2D eigenvalue weighted by atomic mass is 9.64. The average Bonchev–Trinajstić information content (AvgIpc) is 2.91. The largest absolute Gasteiger partial charge is 0.404 e. The Morgan fingerprint density at radius 3 is 2.75 bits per heavy atom. The molecule has 2 aromatic rings. The van der Waals surface area contributed by atoms with Gasteiger partial charge in [-0.3, -0.25) is 14.7 Å². The van der Waals surface area contributed by atoms with E-state index in [1.54, 1.807) is 24.5 Å². The Balaban J connectivity index is 2.00. The van der Waals surface area contributed by atoms with E-state index in [2.05, 4.69) is 58.5 Å². The van der Waals surface area contributed by atoms with Crippen LogP contribution in [0.4, 0.5) is 10.1 Å². The third-order valence-corrected chi connectivity index (χ3v) is 6.65. The average molecular weight is 506 g/mol. The summed E-state index contributed by atoms with van der Waals surface area (Å²) in [5.74, 6) is -0.262. The first-order chi connectivity index (χ1) is 17.5. The third-order valence-electron chi connectivity index (χ3n) is 6.42. The first-order valence-corrected chi connectivity index (χ1v) is 12.8. The number of aromatic nitrogens is 1. The fraction of sp³-hybridized carbons (Fsp3) is 0.310. The highest BCUT2D eigenvalue weighted by Crippen LogP contribution is 2.51. The molecule has 1 atom stereocenters. The number of nitrogens with zero attached hydrogens (tertiary/aromatic N) is 2. The molecule has 4 N–H and O–H groups in total. The van der Waals surface area contributed by atoms with Crippen molar-refractivity contribution in [1.82, 2.24) is 9.71 Å². The third kappa shape index (κ3) is 7.18. The summed E-state index contributed by atoms with van der Waals surface area (Å²) in [6, 6.07) is 12.2. The SMILES string of the molecule is C=C(c1ccccn1)C1(CC(C=NCCCC)=CN)CC=C(Nc2ccc(F)cc2)C=C1CCNS. The number of hydrogen-bond donors (Lipinski definition) is 4. The number of unbranched alkanes of at least 4 members (excludes halogenated alkanes) is 1. The van der Waals surface area contributed by atoms with Crippen LogP contribution in [0.1, 0.15) is 44.7 Å². The predicted octanol–water partition coefficient (Wildman–Crippen LogP) is 6.47. The van der Waals surface area contributed by atoms with Gasteiger partial charge in [-0.05, 0) is 85.5 Å². The van der Waals surface area contributed by atoms with Gasteiger partial charge in [-0.25, -0.2) is 4.39 Å². The van der Waals surface area contributed by atoms with Crippen LogP contribution >= 0.6 is 12.8 Å². The minimum Gasteiger partial charge on any atom is -0.404 e. The number of allylic oxidation sites excluding steroid dienone is 4. The molecule has 0 spiro atoms. The van der Waals surface area contributed by atoms with E-state index in [4.69, 9.17) is 5.73 Å². The quantitative estimate of drug-likeness (QED) is 0.143. The Morgan fingerprint density at radius 1 is 1.28 bits per heavy atom. The molecule has 3 rings (SSSR count). The summed E-state index contributed by atoms with van der Waals surface area (Å²) in [4.78, 5) is 9.22. The zero-order chi connectivity index (χ0) is 25.8. The summed E-state index contributed by atoms with van der Waals surface area (Å²) in [6.45, 7) is 8.16. The van der Waals surface area contributed by atoms with E-state index in [0.29, 0.717) is 19.4 Å². The van der Waals surface area contributed by atoms with E-state index in [1.807, 2.05) is 24.4 Å². The van der Waals surface area contributed by atoms with Crippen LogP contribution in [0.5, 0.6) is 0 Å². The summed E-state index contributed by atoms with van der Waals surface area (Å²) in [5.41, 5.74) is 11.4. The molecule has 1 aromatic heterocycles. The highest BCUT2D eigenvalue weighted by molar-refractivity contribution is 7.78. The number of anilines is 1. The number of halogens is 1. The van der Waals surface area contributed by atoms with E-state index >= 15 is 0 Å². The van der Waals surface area contributed by atoms with Crippen LogP contribution in [0, 0.1) is 11.2 Å². The van der Waals surface area contributed by atoms with Gasteiger partial charge < -0.3 is 11.1 Å². The van der Waals surface area contributed by atoms with Crippen LogP contribution in [0.2, 0.25) is 0 Å². The van der Waals surface area contributed by atoms with E-state index < -0.39 is 5.41 Å². The minimum atomic E-state index is -0.436. The van der Waals surface area contributed by atoms with Gasteiger partial charge in [0.15, 0.2) is 0 Å². The molecule has 0 fully saturated rings. The minimum absolute atomic E-state index is 0.262. The first-order valence-electron chi connectivity index (χ1n) is 12.3. The molecule has 1 heterocycles. The van der Waals surface area contributed by atoms with Gasteiger partial charge in [0.1, 0.15) is 5.82 Å². The van der Waals surface area contributed by atoms with Crippen molar-refractivity contribution >= 4 is 30.3 Å². The number of aliphatic imine (C=N–C) groups is 1. The Kier molecular flexibility index (Phi) is 10.5. The highest BCUT2D eigenvalue weighted by Gasteiger charge is 2.39. The van der Waals surface area contributed by atoms with Crippen molar-refractivity contribution in [3.05, 3.63) is 102 Å². The highest BCUT2D eigenvalue weighted by atomic mass is 32.1. The summed E-state index contributed by atoms with van der Waals surface area (Å²) < 4.78 is 16.4. The molecule has 1 aliphatic carbocycles. The molecule has 1 unspecified atom stereocenters. The zero-order valence-corrected chi connectivity index (χ0v) is 21.8. The standard InChI is InChI=1S/C29H36FN5S/c1-3-4-15-32-21-23(20-31)19-29(22(2)28-7-5-6-16-33-28)14-12-27(18-24(29)13-17-34-36)35-26-10-8-25(30)9-11-26/h5-12,16,18,20-21,34-36H,2-4,13-15,17,19,31H2,1H3. The number of rotatable bonds is 13. The lowest BCUT2D eigenvalue weighted by Crippen LogP contribution is -2.30. The smallest absolute Gasteiger partial charge is 0.123 e. The first kappa shape index (κ1) is 27.4. The van der Waals surface area contributed by atoms with Gasteiger partial charge in [0.25, 0.3) is 0 Å². The van der Waals surface area contributed by atoms with Crippen molar-refractivity contribution in [3.63, 3.8) is 0 Å². The molecule has 36 heavy (non-hydrogen) atoms. The maximum Gasteiger partial charge on any atom is 0.123 e. The van der Waals surface area contributed by atoms with Gasteiger partial charge in [-0.1, -0.05) is 50.5 Å². The molecule has 0 aliphatic heterocycles. The summed E-state index contributed by atoms with van der Waals surface area (Å²) >= 11 is 4.23. The van der Waals surface area contributed by atoms with Crippen molar-refractivity contribution in [2.75, 3.05) is 18.4 Å². The van der Waals surface area contributed by atoms with E-state index in [9.17, 15) is 4.39 Å². The van der Waals surface area contributed by atoms with E-state index in [1.165, 1.54) is 17.7 Å². The number of hydrogen-bond acceptors (Lipinski definition) is 6. The second-order valence-electron chi connectivity index (χ2n) is 8.91. The lowest BCUT2D eigenvalue weighted by Gasteiger charge is -2.40. The normalized spacial score (nSPS) is 18.1. The zero-order valence-electron chi connectivity index (χ0n) is 20.9. The van der Waals surface area contributed by atoms with Crippen LogP contribution in [-0.4, -0.2) is 24.3 Å². The summed E-state index contributed by atoms with van der Waals surface area (Å²) in [6.07, 6.45) is 13.9. The maximum atomic E-state index is 13.4. The maximum absolute atomic E-state index is 13.4. The van der Waals surface area contributed by atoms with Gasteiger partial charge in [-0.15, -0.1) is 0 Å². The number of nitrogens with one attached hydrogen (secondary N) is 2. The van der Waals surface area contributed by atoms with Crippen LogP contribution in [0.3, 0.4) is 0 Å². The van der Waals surface area contributed by atoms with Crippen molar-refractivity contribution in [2.45, 2.75) is 39.0 Å². The van der Waals surface area contributed by atoms with Gasteiger partial charge in [0.05, 0.1) is 5.69 Å². The van der Waals surface area contributed by atoms with Crippen LogP contribution in [0.25, 0.3) is 5.57 Å². The van der Waals surface area contributed by atoms with Crippen LogP contribution in [-0.2, 0) is 0 Å². The van der Waals surface area contributed by atoms with Crippen molar-refractivity contribution < 1.29 is 4.39 Å². The lowest BCUT2D eigenvalue weighted by molar-refractivity contribution is 0.460. The fourth-order valence-corrected chi connectivity index (χ4v) is 4.52. The molecule has 0 bridgehead atoms. The number of thiol groups is 1. The molecule has 1 aliphatic rings. The number of nitrogens with two attached hydrogens (primary N) is 1. The Hall–Kier alpha value is -3.16. The van der Waals surface area contributed by atoms with Gasteiger partial charge >= 0.3 is 0 Å². The molecule has 0 amide bonds. The van der Waals surface area contributed by atoms with Crippen LogP contribution < -0.4 is 15.8 Å². The topological polar surface area (TPSA) is 75.3 Å².